The number of ether oxygens (including phenoxy) is 1. The van der Waals surface area contributed by atoms with Gasteiger partial charge in [0.25, 0.3) is 0 Å². The standard InChI is InChI=1S/C20H22N4O3S/c1-2-27-18-8-10-19(11-9-18)28(25,26)23-13-12-17(14-23)24-15-20(21-22-24)16-6-4-3-5-7-16/h3-11,15,17H,2,12-14H2,1H3. The molecule has 8 heteroatoms. The molecule has 0 amide bonds. The molecule has 146 valence electrons. The SMILES string of the molecule is CCOc1ccc(S(=O)(=O)N2CCC(n3cc(-c4ccccc4)nn3)C2)cc1. The third-order valence-electron chi connectivity index (χ3n) is 4.85. The number of nitrogens with zero attached hydrogens (tertiary/aromatic N) is 4. The van der Waals surface area contributed by atoms with E-state index in [0.717, 1.165) is 11.3 Å². The van der Waals surface area contributed by atoms with Crippen LogP contribution < -0.4 is 4.74 Å². The maximum Gasteiger partial charge on any atom is 0.243 e. The molecule has 0 bridgehead atoms. The van der Waals surface area contributed by atoms with E-state index in [1.807, 2.05) is 43.5 Å². The lowest BCUT2D eigenvalue weighted by Crippen LogP contribution is -2.29. The molecule has 28 heavy (non-hydrogen) atoms. The summed E-state index contributed by atoms with van der Waals surface area (Å²) in [7, 11) is -3.54. The molecule has 3 aromatic rings. The summed E-state index contributed by atoms with van der Waals surface area (Å²) in [6.07, 6.45) is 2.58. The first-order chi connectivity index (χ1) is 13.6. The highest BCUT2D eigenvalue weighted by atomic mass is 32.2. The van der Waals surface area contributed by atoms with Crippen LogP contribution in [0.3, 0.4) is 0 Å². The molecule has 2 heterocycles. The van der Waals surface area contributed by atoms with Crippen LogP contribution in [-0.4, -0.2) is 47.4 Å². The molecule has 7 nitrogen and oxygen atoms in total. The predicted octanol–water partition coefficient (Wildman–Crippen LogP) is 2.98. The van der Waals surface area contributed by atoms with E-state index in [0.29, 0.717) is 31.9 Å². The molecule has 0 spiro atoms. The fourth-order valence-electron chi connectivity index (χ4n) is 3.36. The number of benzene rings is 2. The Labute approximate surface area is 164 Å². The van der Waals surface area contributed by atoms with Gasteiger partial charge in [-0.2, -0.15) is 4.31 Å². The zero-order valence-electron chi connectivity index (χ0n) is 15.6. The Morgan fingerprint density at radius 2 is 1.86 bits per heavy atom. The molecule has 0 radical (unpaired) electrons. The molecule has 1 unspecified atom stereocenters. The van der Waals surface area contributed by atoms with Gasteiger partial charge in [0.05, 0.1) is 23.7 Å². The molecule has 1 saturated heterocycles. The van der Waals surface area contributed by atoms with E-state index in [4.69, 9.17) is 4.74 Å². The van der Waals surface area contributed by atoms with Gasteiger partial charge in [0.2, 0.25) is 10.0 Å². The highest BCUT2D eigenvalue weighted by molar-refractivity contribution is 7.89. The molecule has 0 aliphatic carbocycles. The Hall–Kier alpha value is -2.71. The monoisotopic (exact) mass is 398 g/mol. The smallest absolute Gasteiger partial charge is 0.243 e. The van der Waals surface area contributed by atoms with E-state index in [2.05, 4.69) is 10.3 Å². The fraction of sp³-hybridized carbons (Fsp3) is 0.300. The van der Waals surface area contributed by atoms with Gasteiger partial charge < -0.3 is 4.74 Å². The highest BCUT2D eigenvalue weighted by Crippen LogP contribution is 2.28. The summed E-state index contributed by atoms with van der Waals surface area (Å²) >= 11 is 0. The van der Waals surface area contributed by atoms with E-state index in [9.17, 15) is 8.42 Å². The van der Waals surface area contributed by atoms with Crippen LogP contribution in [0.4, 0.5) is 0 Å². The van der Waals surface area contributed by atoms with E-state index < -0.39 is 10.0 Å². The summed E-state index contributed by atoms with van der Waals surface area (Å²) in [5, 5.41) is 8.46. The molecule has 0 N–H and O–H groups in total. The van der Waals surface area contributed by atoms with Crippen LogP contribution in [0.5, 0.6) is 5.75 Å². The summed E-state index contributed by atoms with van der Waals surface area (Å²) in [6, 6.07) is 16.4. The minimum Gasteiger partial charge on any atom is -0.494 e. The molecule has 1 atom stereocenters. The van der Waals surface area contributed by atoms with Crippen molar-refractivity contribution in [2.75, 3.05) is 19.7 Å². The van der Waals surface area contributed by atoms with Crippen molar-refractivity contribution < 1.29 is 13.2 Å². The second-order valence-corrected chi connectivity index (χ2v) is 8.60. The Morgan fingerprint density at radius 1 is 1.11 bits per heavy atom. The number of rotatable bonds is 6. The molecule has 1 fully saturated rings. The van der Waals surface area contributed by atoms with E-state index >= 15 is 0 Å². The van der Waals surface area contributed by atoms with Crippen molar-refractivity contribution in [2.45, 2.75) is 24.3 Å². The molecule has 1 aliphatic heterocycles. The average Bonchev–Trinajstić information content (AvgIpc) is 3.39. The van der Waals surface area contributed by atoms with Gasteiger partial charge in [-0.15, -0.1) is 5.10 Å². The average molecular weight is 398 g/mol. The van der Waals surface area contributed by atoms with Gasteiger partial charge in [-0.3, -0.25) is 0 Å². The zero-order valence-corrected chi connectivity index (χ0v) is 16.4. The van der Waals surface area contributed by atoms with Crippen LogP contribution >= 0.6 is 0 Å². The van der Waals surface area contributed by atoms with Crippen molar-refractivity contribution in [3.05, 3.63) is 60.8 Å². The normalized spacial score (nSPS) is 17.7. The van der Waals surface area contributed by atoms with Crippen molar-refractivity contribution in [1.82, 2.24) is 19.3 Å². The van der Waals surface area contributed by atoms with Crippen molar-refractivity contribution in [3.8, 4) is 17.0 Å². The minimum atomic E-state index is -3.54. The van der Waals surface area contributed by atoms with Gasteiger partial charge in [-0.1, -0.05) is 35.5 Å². The van der Waals surface area contributed by atoms with Crippen molar-refractivity contribution in [2.24, 2.45) is 0 Å². The third kappa shape index (κ3) is 3.65. The van der Waals surface area contributed by atoms with Crippen molar-refractivity contribution in [1.29, 1.82) is 0 Å². The molecule has 1 aliphatic rings. The lowest BCUT2D eigenvalue weighted by atomic mass is 10.2. The van der Waals surface area contributed by atoms with E-state index in [1.165, 1.54) is 4.31 Å². The van der Waals surface area contributed by atoms with Gasteiger partial charge in [0.15, 0.2) is 0 Å². The summed E-state index contributed by atoms with van der Waals surface area (Å²) < 4.78 is 34.6. The first kappa shape index (κ1) is 18.6. The number of hydrogen-bond acceptors (Lipinski definition) is 5. The van der Waals surface area contributed by atoms with Crippen LogP contribution in [0, 0.1) is 0 Å². The van der Waals surface area contributed by atoms with E-state index in [-0.39, 0.29) is 10.9 Å². The van der Waals surface area contributed by atoms with Gasteiger partial charge in [0.1, 0.15) is 11.4 Å². The summed E-state index contributed by atoms with van der Waals surface area (Å²) in [5.41, 5.74) is 1.78. The van der Waals surface area contributed by atoms with Gasteiger partial charge >= 0.3 is 0 Å². The Bertz CT molecular complexity index is 1030. The molecular weight excluding hydrogens is 376 g/mol. The quantitative estimate of drug-likeness (QED) is 0.638. The number of sulfonamides is 1. The minimum absolute atomic E-state index is 0.0255. The van der Waals surface area contributed by atoms with Crippen LogP contribution in [0.1, 0.15) is 19.4 Å². The maximum atomic E-state index is 12.9. The molecule has 4 rings (SSSR count). The molecule has 2 aromatic carbocycles. The van der Waals surface area contributed by atoms with E-state index in [1.54, 1.807) is 28.9 Å². The van der Waals surface area contributed by atoms with Crippen molar-refractivity contribution >= 4 is 10.0 Å². The largest absolute Gasteiger partial charge is 0.494 e. The fourth-order valence-corrected chi connectivity index (χ4v) is 4.86. The Morgan fingerprint density at radius 3 is 2.57 bits per heavy atom. The zero-order chi connectivity index (χ0) is 19.6. The first-order valence-corrected chi connectivity index (χ1v) is 10.7. The topological polar surface area (TPSA) is 77.3 Å². The second kappa shape index (κ2) is 7.73. The van der Waals surface area contributed by atoms with Crippen LogP contribution in [-0.2, 0) is 10.0 Å². The van der Waals surface area contributed by atoms with Gasteiger partial charge in [-0.05, 0) is 37.6 Å². The van der Waals surface area contributed by atoms with Gasteiger partial charge in [-0.25, -0.2) is 13.1 Å². The molecule has 0 saturated carbocycles. The Balaban J connectivity index is 1.48. The summed E-state index contributed by atoms with van der Waals surface area (Å²) in [5.74, 6) is 0.664. The predicted molar refractivity (Wildman–Crippen MR) is 105 cm³/mol. The molecular formula is C20H22N4O3S. The van der Waals surface area contributed by atoms with Gasteiger partial charge in [0, 0.05) is 18.7 Å². The first-order valence-electron chi connectivity index (χ1n) is 9.28. The second-order valence-electron chi connectivity index (χ2n) is 6.66. The van der Waals surface area contributed by atoms with Crippen molar-refractivity contribution in [3.63, 3.8) is 0 Å². The third-order valence-corrected chi connectivity index (χ3v) is 6.73. The lowest BCUT2D eigenvalue weighted by molar-refractivity contribution is 0.340. The summed E-state index contributed by atoms with van der Waals surface area (Å²) in [6.45, 7) is 3.28. The summed E-state index contributed by atoms with van der Waals surface area (Å²) in [4.78, 5) is 0.278. The molecule has 1 aromatic heterocycles. The van der Waals surface area contributed by atoms with Crippen LogP contribution in [0.15, 0.2) is 65.7 Å². The number of hydrogen-bond donors (Lipinski definition) is 0. The van der Waals surface area contributed by atoms with Crippen LogP contribution in [0.25, 0.3) is 11.3 Å². The number of aromatic nitrogens is 3. The Kier molecular flexibility index (Phi) is 5.15. The maximum absolute atomic E-state index is 12.9. The van der Waals surface area contributed by atoms with Crippen LogP contribution in [0.2, 0.25) is 0 Å². The lowest BCUT2D eigenvalue weighted by Gasteiger charge is -2.17. The highest BCUT2D eigenvalue weighted by Gasteiger charge is 2.34.